The monoisotopic (exact) mass is 535 g/mol. The molecule has 11 heteroatoms. The van der Waals surface area contributed by atoms with Crippen LogP contribution in [0.5, 0.6) is 0 Å². The van der Waals surface area contributed by atoms with E-state index in [4.69, 9.17) is 11.6 Å². The lowest BCUT2D eigenvalue weighted by Crippen LogP contribution is -2.58. The van der Waals surface area contributed by atoms with Crippen LogP contribution in [0.25, 0.3) is 0 Å². The Hall–Kier alpha value is -1.00. The largest absolute Gasteiger partial charge is 0.387 e. The van der Waals surface area contributed by atoms with Crippen LogP contribution >= 0.6 is 47.8 Å². The first kappa shape index (κ1) is 28.2. The number of piperazine rings is 1. The van der Waals surface area contributed by atoms with Gasteiger partial charge < -0.3 is 14.8 Å². The van der Waals surface area contributed by atoms with E-state index in [1.807, 2.05) is 12.1 Å². The summed E-state index contributed by atoms with van der Waals surface area (Å²) in [5, 5.41) is 13.9. The molecule has 1 aliphatic carbocycles. The van der Waals surface area contributed by atoms with Gasteiger partial charge in [0.05, 0.1) is 28.2 Å². The Labute approximate surface area is 216 Å². The third-order valence-electron chi connectivity index (χ3n) is 6.20. The minimum absolute atomic E-state index is 0. The molecule has 0 spiro atoms. The van der Waals surface area contributed by atoms with E-state index < -0.39 is 6.10 Å². The number of rotatable bonds is 7. The first-order chi connectivity index (χ1) is 14.9. The van der Waals surface area contributed by atoms with Crippen LogP contribution in [0, 0.1) is 0 Å². The van der Waals surface area contributed by atoms with Crippen molar-refractivity contribution >= 4 is 59.9 Å². The fourth-order valence-corrected chi connectivity index (χ4v) is 5.90. The first-order valence-corrected chi connectivity index (χ1v) is 12.1. The quantitative estimate of drug-likeness (QED) is 0.518. The lowest BCUT2D eigenvalue weighted by atomic mass is 10.0. The molecular formula is C22H32Cl3N5O2S. The van der Waals surface area contributed by atoms with Gasteiger partial charge in [-0.3, -0.25) is 10.2 Å². The maximum Gasteiger partial charge on any atom is 0.135 e. The third-order valence-corrected chi connectivity index (χ3v) is 7.53. The highest BCUT2D eigenvalue weighted by Crippen LogP contribution is 2.43. The van der Waals surface area contributed by atoms with E-state index in [0.717, 1.165) is 54.4 Å². The van der Waals surface area contributed by atoms with Gasteiger partial charge in [-0.25, -0.2) is 9.97 Å². The van der Waals surface area contributed by atoms with Gasteiger partial charge in [-0.05, 0) is 38.3 Å². The maximum atomic E-state index is 12.1. The molecule has 0 radical (unpaired) electrons. The van der Waals surface area contributed by atoms with Crippen molar-refractivity contribution in [2.45, 2.75) is 57.3 Å². The van der Waals surface area contributed by atoms with E-state index >= 15 is 0 Å². The van der Waals surface area contributed by atoms with E-state index in [0.29, 0.717) is 10.8 Å². The van der Waals surface area contributed by atoms with Crippen LogP contribution in [0.4, 0.5) is 5.82 Å². The summed E-state index contributed by atoms with van der Waals surface area (Å²) in [6.07, 6.45) is 2.71. The number of nitrogens with one attached hydrogen (secondary N) is 1. The number of nitrogens with zero attached hydrogens (tertiary/aromatic N) is 4. The topological polar surface area (TPSA) is 81.6 Å². The molecule has 4 rings (SSSR count). The van der Waals surface area contributed by atoms with Crippen molar-refractivity contribution in [3.63, 3.8) is 0 Å². The summed E-state index contributed by atoms with van der Waals surface area (Å²) in [5.74, 6) is 0.918. The zero-order valence-corrected chi connectivity index (χ0v) is 22.2. The molecule has 2 aliphatic rings. The molecule has 0 amide bonds. The van der Waals surface area contributed by atoms with Gasteiger partial charge in [0, 0.05) is 42.7 Å². The molecule has 2 aromatic rings. The Bertz CT molecular complexity index is 923. The van der Waals surface area contributed by atoms with Gasteiger partial charge in [-0.15, -0.1) is 36.2 Å². The Morgan fingerprint density at radius 1 is 1.21 bits per heavy atom. The lowest BCUT2D eigenvalue weighted by Gasteiger charge is -2.42. The van der Waals surface area contributed by atoms with Gasteiger partial charge >= 0.3 is 0 Å². The summed E-state index contributed by atoms with van der Waals surface area (Å²) in [4.78, 5) is 26.6. The maximum absolute atomic E-state index is 12.1. The van der Waals surface area contributed by atoms with Crippen LogP contribution in [-0.4, -0.2) is 64.6 Å². The minimum atomic E-state index is -0.501. The van der Waals surface area contributed by atoms with Crippen LogP contribution in [0.1, 0.15) is 61.3 Å². The van der Waals surface area contributed by atoms with E-state index in [2.05, 4.69) is 45.9 Å². The fraction of sp³-hybridized carbons (Fsp3) is 0.591. The second-order valence-corrected chi connectivity index (χ2v) is 10.5. The fourth-order valence-electron chi connectivity index (χ4n) is 4.75. The molecule has 0 saturated carbocycles. The smallest absolute Gasteiger partial charge is 0.135 e. The molecule has 33 heavy (non-hydrogen) atoms. The van der Waals surface area contributed by atoms with Gasteiger partial charge in [0.15, 0.2) is 0 Å². The lowest BCUT2D eigenvalue weighted by molar-refractivity contribution is -0.110. The van der Waals surface area contributed by atoms with Crippen molar-refractivity contribution in [3.8, 4) is 0 Å². The summed E-state index contributed by atoms with van der Waals surface area (Å²) in [6, 6.07) is 4.05. The van der Waals surface area contributed by atoms with Gasteiger partial charge in [0.25, 0.3) is 0 Å². The molecule has 1 saturated heterocycles. The van der Waals surface area contributed by atoms with Gasteiger partial charge in [0.1, 0.15) is 18.4 Å². The summed E-state index contributed by atoms with van der Waals surface area (Å²) >= 11 is 7.61. The number of aromatic nitrogens is 2. The number of fused-ring (bicyclic) bond motifs is 1. The Morgan fingerprint density at radius 2 is 1.91 bits per heavy atom. The average molecular weight is 537 g/mol. The van der Waals surface area contributed by atoms with Crippen LogP contribution < -0.4 is 10.2 Å². The zero-order valence-electron chi connectivity index (χ0n) is 19.0. The molecular weight excluding hydrogens is 505 g/mol. The second kappa shape index (κ2) is 12.1. The molecule has 2 unspecified atom stereocenters. The summed E-state index contributed by atoms with van der Waals surface area (Å²) in [6.45, 7) is 9.56. The predicted molar refractivity (Wildman–Crippen MR) is 138 cm³/mol. The third kappa shape index (κ3) is 5.99. The number of carbonyl (C=O) groups is 1. The second-order valence-electron chi connectivity index (χ2n) is 8.74. The zero-order chi connectivity index (χ0) is 22.1. The Morgan fingerprint density at radius 3 is 2.48 bits per heavy atom. The molecule has 2 N–H and O–H groups in total. The summed E-state index contributed by atoms with van der Waals surface area (Å²) in [7, 11) is 0. The number of carbonyl (C=O) groups excluding carboxylic acids is 1. The highest BCUT2D eigenvalue weighted by molar-refractivity contribution is 7.16. The molecule has 0 bridgehead atoms. The number of halogens is 3. The van der Waals surface area contributed by atoms with Crippen molar-refractivity contribution in [2.24, 2.45) is 0 Å². The molecule has 2 aromatic heterocycles. The number of thiophene rings is 1. The number of hydrogen-bond donors (Lipinski definition) is 2. The highest BCUT2D eigenvalue weighted by atomic mass is 35.5. The average Bonchev–Trinajstić information content (AvgIpc) is 3.30. The van der Waals surface area contributed by atoms with E-state index in [1.165, 1.54) is 11.3 Å². The van der Waals surface area contributed by atoms with Gasteiger partial charge in [-0.2, -0.15) is 0 Å². The number of hydrogen-bond acceptors (Lipinski definition) is 8. The summed E-state index contributed by atoms with van der Waals surface area (Å²) < 4.78 is 0.698. The summed E-state index contributed by atoms with van der Waals surface area (Å²) in [5.41, 5.74) is 1.86. The van der Waals surface area contributed by atoms with Crippen molar-refractivity contribution in [1.29, 1.82) is 0 Å². The van der Waals surface area contributed by atoms with Crippen LogP contribution in [0.2, 0.25) is 4.34 Å². The molecule has 184 valence electrons. The van der Waals surface area contributed by atoms with E-state index in [-0.39, 0.29) is 48.9 Å². The van der Waals surface area contributed by atoms with Crippen LogP contribution in [0.3, 0.4) is 0 Å². The Kier molecular flexibility index (Phi) is 10.4. The van der Waals surface area contributed by atoms with E-state index in [9.17, 15) is 9.90 Å². The van der Waals surface area contributed by atoms with Crippen molar-refractivity contribution in [3.05, 3.63) is 38.9 Å². The standard InChI is InChI=1S/C22H30ClN5O2S.2ClH/c1-13(2)26-21(15(11-29)17-4-5-18(23)31-17)27-6-8-28(9-7-27)22-19-14(3)10-16(30)20(19)24-12-25-22;;/h4-5,11-16,21,26,30H,6-10H2,1-3H3;2*1H/t14-,15?,16-,21?;;/m1../s1. The molecule has 7 nitrogen and oxygen atoms in total. The number of anilines is 1. The van der Waals surface area contributed by atoms with Gasteiger partial charge in [0.2, 0.25) is 0 Å². The van der Waals surface area contributed by atoms with Crippen LogP contribution in [-0.2, 0) is 4.79 Å². The molecule has 4 atom stereocenters. The minimum Gasteiger partial charge on any atom is -0.387 e. The number of aldehydes is 1. The SMILES string of the molecule is CC(C)NC(C(C=O)c1ccc(Cl)s1)N1CCN(c2ncnc3c2[C@H](C)C[C@H]3O)CC1.Cl.Cl. The molecule has 0 aromatic carbocycles. The normalized spacial score (nSPS) is 22.3. The van der Waals surface area contributed by atoms with Gasteiger partial charge in [-0.1, -0.05) is 18.5 Å². The molecule has 3 heterocycles. The first-order valence-electron chi connectivity index (χ1n) is 10.9. The van der Waals surface area contributed by atoms with Crippen molar-refractivity contribution in [1.82, 2.24) is 20.2 Å². The Balaban J connectivity index is 0.00000193. The number of aliphatic hydroxyl groups excluding tert-OH is 1. The molecule has 1 aliphatic heterocycles. The molecule has 1 fully saturated rings. The van der Waals surface area contributed by atoms with Crippen LogP contribution in [0.15, 0.2) is 18.5 Å². The predicted octanol–water partition coefficient (Wildman–Crippen LogP) is 4.00. The number of aliphatic hydroxyl groups is 1. The van der Waals surface area contributed by atoms with Crippen molar-refractivity contribution in [2.75, 3.05) is 31.1 Å². The van der Waals surface area contributed by atoms with E-state index in [1.54, 1.807) is 6.33 Å². The highest BCUT2D eigenvalue weighted by Gasteiger charge is 2.36. The van der Waals surface area contributed by atoms with Crippen molar-refractivity contribution < 1.29 is 9.90 Å².